The molecule has 0 spiro atoms. The molecule has 6 nitrogen and oxygen atoms in total. The van der Waals surface area contributed by atoms with Crippen molar-refractivity contribution in [3.05, 3.63) is 0 Å². The van der Waals surface area contributed by atoms with E-state index in [1.807, 2.05) is 0 Å². The molecular weight excluding hydrogens is 450 g/mol. The van der Waals surface area contributed by atoms with Crippen LogP contribution in [0, 0.1) is 34.5 Å². The van der Waals surface area contributed by atoms with Gasteiger partial charge in [0.15, 0.2) is 0 Å². The van der Waals surface area contributed by atoms with Crippen LogP contribution >= 0.6 is 0 Å². The van der Waals surface area contributed by atoms with Gasteiger partial charge >= 0.3 is 5.97 Å². The first-order valence-electron chi connectivity index (χ1n) is 15.2. The van der Waals surface area contributed by atoms with Crippen LogP contribution in [-0.4, -0.2) is 98.4 Å². The number of morpholine rings is 1. The lowest BCUT2D eigenvalue weighted by atomic mass is 9.45. The van der Waals surface area contributed by atoms with E-state index in [0.717, 1.165) is 50.1 Å². The van der Waals surface area contributed by atoms with Crippen molar-refractivity contribution < 1.29 is 14.3 Å². The summed E-state index contributed by atoms with van der Waals surface area (Å²) in [6.45, 7) is 15.4. The van der Waals surface area contributed by atoms with Gasteiger partial charge in [0.05, 0.1) is 13.2 Å². The van der Waals surface area contributed by atoms with Gasteiger partial charge in [-0.05, 0) is 87.5 Å². The molecule has 6 heteroatoms. The largest absolute Gasteiger partial charge is 0.460 e. The van der Waals surface area contributed by atoms with Gasteiger partial charge in [-0.25, -0.2) is 0 Å². The Morgan fingerprint density at radius 2 is 1.56 bits per heavy atom. The third-order valence-corrected chi connectivity index (χ3v) is 12.4. The predicted molar refractivity (Wildman–Crippen MR) is 142 cm³/mol. The zero-order valence-electron chi connectivity index (χ0n) is 23.4. The fourth-order valence-corrected chi connectivity index (χ4v) is 10.4. The molecule has 0 aromatic carbocycles. The Hall–Kier alpha value is -0.690. The normalized spacial score (nSPS) is 48.6. The first-order chi connectivity index (χ1) is 17.3. The van der Waals surface area contributed by atoms with Crippen molar-refractivity contribution in [3.8, 4) is 0 Å². The Kier molecular flexibility index (Phi) is 6.97. The highest BCUT2D eigenvalue weighted by atomic mass is 16.5. The average Bonchev–Trinajstić information content (AvgIpc) is 3.16. The van der Waals surface area contributed by atoms with Gasteiger partial charge in [-0.2, -0.15) is 0 Å². The van der Waals surface area contributed by atoms with Crippen molar-refractivity contribution in [2.24, 2.45) is 34.5 Å². The molecule has 0 bridgehead atoms. The lowest BCUT2D eigenvalue weighted by Gasteiger charge is -2.61. The van der Waals surface area contributed by atoms with E-state index in [4.69, 9.17) is 9.47 Å². The maximum atomic E-state index is 12.3. The fourth-order valence-electron chi connectivity index (χ4n) is 10.4. The molecule has 2 aliphatic heterocycles. The number of hydrogen-bond acceptors (Lipinski definition) is 6. The van der Waals surface area contributed by atoms with E-state index < -0.39 is 0 Å². The Morgan fingerprint density at radius 3 is 2.28 bits per heavy atom. The van der Waals surface area contributed by atoms with E-state index in [-0.39, 0.29) is 17.5 Å². The predicted octanol–water partition coefficient (Wildman–Crippen LogP) is 3.89. The summed E-state index contributed by atoms with van der Waals surface area (Å²) in [4.78, 5) is 20.2. The molecule has 6 rings (SSSR count). The molecule has 2 saturated heterocycles. The number of carbonyl (C=O) groups is 1. The first-order valence-corrected chi connectivity index (χ1v) is 15.2. The van der Waals surface area contributed by atoms with Gasteiger partial charge in [-0.3, -0.25) is 14.6 Å². The van der Waals surface area contributed by atoms with Gasteiger partial charge in [-0.1, -0.05) is 13.8 Å². The first kappa shape index (κ1) is 25.6. The third-order valence-electron chi connectivity index (χ3n) is 12.4. The topological polar surface area (TPSA) is 45.2 Å². The summed E-state index contributed by atoms with van der Waals surface area (Å²) in [7, 11) is 2.27. The van der Waals surface area contributed by atoms with Gasteiger partial charge in [0.2, 0.25) is 0 Å². The van der Waals surface area contributed by atoms with Crippen LogP contribution in [0.25, 0.3) is 0 Å². The van der Waals surface area contributed by atoms with E-state index in [2.05, 4.69) is 35.6 Å². The van der Waals surface area contributed by atoms with Gasteiger partial charge in [-0.15, -0.1) is 0 Å². The Labute approximate surface area is 219 Å². The molecule has 2 heterocycles. The number of ether oxygens (including phenoxy) is 2. The quantitative estimate of drug-likeness (QED) is 0.547. The second-order valence-electron chi connectivity index (χ2n) is 14.0. The minimum Gasteiger partial charge on any atom is -0.460 e. The molecule has 0 aromatic heterocycles. The third kappa shape index (κ3) is 4.26. The molecule has 6 fully saturated rings. The fraction of sp³-hybridized carbons (Fsp3) is 0.967. The number of rotatable bonds is 3. The molecule has 9 atom stereocenters. The van der Waals surface area contributed by atoms with Crippen molar-refractivity contribution in [1.29, 1.82) is 0 Å². The smallest absolute Gasteiger partial charge is 0.302 e. The highest BCUT2D eigenvalue weighted by molar-refractivity contribution is 5.66. The van der Waals surface area contributed by atoms with Crippen LogP contribution in [0.3, 0.4) is 0 Å². The number of hydrogen-bond donors (Lipinski definition) is 0. The molecule has 0 N–H and O–H groups in total. The van der Waals surface area contributed by atoms with Crippen LogP contribution in [0.1, 0.15) is 72.1 Å². The number of nitrogens with zero attached hydrogens (tertiary/aromatic N) is 3. The molecule has 0 radical (unpaired) electrons. The summed E-state index contributed by atoms with van der Waals surface area (Å²) >= 11 is 0. The highest BCUT2D eigenvalue weighted by Gasteiger charge is 2.64. The van der Waals surface area contributed by atoms with Crippen LogP contribution in [-0.2, 0) is 14.3 Å². The van der Waals surface area contributed by atoms with Gasteiger partial charge in [0.25, 0.3) is 0 Å². The van der Waals surface area contributed by atoms with E-state index in [9.17, 15) is 4.79 Å². The minimum atomic E-state index is -0.0971. The van der Waals surface area contributed by atoms with E-state index >= 15 is 0 Å². The van der Waals surface area contributed by atoms with E-state index in [0.29, 0.717) is 17.4 Å². The number of piperazine rings is 1. The van der Waals surface area contributed by atoms with Gasteiger partial charge < -0.3 is 14.4 Å². The van der Waals surface area contributed by atoms with Crippen LogP contribution in [0.5, 0.6) is 0 Å². The summed E-state index contributed by atoms with van der Waals surface area (Å²) in [5, 5.41) is 0. The van der Waals surface area contributed by atoms with Crippen molar-refractivity contribution in [2.45, 2.75) is 90.3 Å². The summed E-state index contributed by atoms with van der Waals surface area (Å²) in [6, 6.07) is 1.18. The van der Waals surface area contributed by atoms with Crippen molar-refractivity contribution in [2.75, 3.05) is 59.5 Å². The van der Waals surface area contributed by atoms with Gasteiger partial charge in [0, 0.05) is 63.7 Å². The van der Waals surface area contributed by atoms with Crippen molar-refractivity contribution >= 4 is 5.97 Å². The average molecular weight is 502 g/mol. The summed E-state index contributed by atoms with van der Waals surface area (Å²) in [6.07, 6.45) is 10.8. The molecule has 0 unspecified atom stereocenters. The molecule has 4 saturated carbocycles. The lowest BCUT2D eigenvalue weighted by molar-refractivity contribution is -0.167. The Balaban J connectivity index is 1.20. The zero-order valence-corrected chi connectivity index (χ0v) is 23.4. The summed E-state index contributed by atoms with van der Waals surface area (Å²) < 4.78 is 11.9. The monoisotopic (exact) mass is 501 g/mol. The lowest BCUT2D eigenvalue weighted by Crippen LogP contribution is -2.57. The molecule has 6 aliphatic rings. The van der Waals surface area contributed by atoms with Crippen LogP contribution in [0.4, 0.5) is 0 Å². The van der Waals surface area contributed by atoms with Crippen molar-refractivity contribution in [1.82, 2.24) is 14.7 Å². The maximum absolute atomic E-state index is 12.3. The maximum Gasteiger partial charge on any atom is 0.302 e. The molecular formula is C30H51N3O3. The summed E-state index contributed by atoms with van der Waals surface area (Å²) in [5.41, 5.74) is 0.622. The second kappa shape index (κ2) is 9.81. The number of likely N-dealkylation sites (N-methyl/N-ethyl adjacent to an activating group) is 1. The Bertz CT molecular complexity index is 809. The zero-order chi connectivity index (χ0) is 25.1. The number of esters is 1. The summed E-state index contributed by atoms with van der Waals surface area (Å²) in [5.74, 6) is 3.13. The minimum absolute atomic E-state index is 0.0394. The van der Waals surface area contributed by atoms with Gasteiger partial charge in [0.1, 0.15) is 6.10 Å². The van der Waals surface area contributed by atoms with E-state index in [1.165, 1.54) is 77.5 Å². The Morgan fingerprint density at radius 1 is 0.833 bits per heavy atom. The second-order valence-corrected chi connectivity index (χ2v) is 14.0. The van der Waals surface area contributed by atoms with Crippen molar-refractivity contribution in [3.63, 3.8) is 0 Å². The molecule has 4 aliphatic carbocycles. The SMILES string of the molecule is CC(=O)O[C@H]1[C@@H](N2CCOCC2)C[C@H]2[C@@H]3CC[C@H]4C[C@H](N5CCN(C)CC5)CC[C@]4(C)[C@H]3CC[C@@]21C. The van der Waals surface area contributed by atoms with E-state index in [1.54, 1.807) is 6.92 Å². The molecule has 36 heavy (non-hydrogen) atoms. The standard InChI is InChI=1S/C30H51N3O3/c1-21(34)36-28-27(33-15-17-35-18-16-33)20-26-24-6-5-22-19-23(32-13-11-31(4)12-14-32)7-9-29(22,2)25(24)8-10-30(26,28)3/h22-28H,5-20H2,1-4H3/t22-,23+,24+,25-,26-,27-,28-,29-,30-/m0/s1. The van der Waals surface area contributed by atoms with Crippen LogP contribution < -0.4 is 0 Å². The number of carbonyl (C=O) groups excluding carboxylic acids is 1. The molecule has 204 valence electrons. The number of fused-ring (bicyclic) bond motifs is 5. The van der Waals surface area contributed by atoms with Crippen LogP contribution in [0.15, 0.2) is 0 Å². The molecule has 0 aromatic rings. The highest BCUT2D eigenvalue weighted by Crippen LogP contribution is 2.67. The van der Waals surface area contributed by atoms with Crippen LogP contribution in [0.2, 0.25) is 0 Å². The molecule has 0 amide bonds.